The summed E-state index contributed by atoms with van der Waals surface area (Å²) in [7, 11) is 0. The van der Waals surface area contributed by atoms with Crippen LogP contribution in [-0.4, -0.2) is 41.3 Å². The molecule has 0 saturated heterocycles. The quantitative estimate of drug-likeness (QED) is 0.305. The lowest BCUT2D eigenvalue weighted by Crippen LogP contribution is -2.17. The third kappa shape index (κ3) is 4.08. The van der Waals surface area contributed by atoms with Crippen LogP contribution >= 0.6 is 0 Å². The smallest absolute Gasteiger partial charge is 0.379 e. The highest BCUT2D eigenvalue weighted by Gasteiger charge is 2.23. The van der Waals surface area contributed by atoms with E-state index in [0.717, 1.165) is 17.5 Å². The summed E-state index contributed by atoms with van der Waals surface area (Å²) in [6, 6.07) is 10.2. The summed E-state index contributed by atoms with van der Waals surface area (Å²) in [5.41, 5.74) is 2.14. The molecule has 1 heterocycles. The van der Waals surface area contributed by atoms with Crippen LogP contribution in [-0.2, 0) is 19.1 Å². The third-order valence-electron chi connectivity index (χ3n) is 5.28. The van der Waals surface area contributed by atoms with Crippen molar-refractivity contribution in [2.75, 3.05) is 13.2 Å². The van der Waals surface area contributed by atoms with Crippen LogP contribution in [0.5, 0.6) is 0 Å². The normalized spacial score (nSPS) is 12.0. The molecule has 0 aliphatic heterocycles. The summed E-state index contributed by atoms with van der Waals surface area (Å²) in [6.07, 6.45) is 0.867. The molecule has 1 atom stereocenters. The van der Waals surface area contributed by atoms with Gasteiger partial charge in [-0.3, -0.25) is 9.59 Å². The highest BCUT2D eigenvalue weighted by atomic mass is 16.5. The van der Waals surface area contributed by atoms with Crippen molar-refractivity contribution in [1.29, 1.82) is 0 Å². The Morgan fingerprint density at radius 1 is 0.774 bits per heavy atom. The lowest BCUT2D eigenvalue weighted by molar-refractivity contribution is -0.138. The zero-order valence-electron chi connectivity index (χ0n) is 18.1. The molecule has 0 bridgehead atoms. The average molecular weight is 423 g/mol. The van der Waals surface area contributed by atoms with E-state index >= 15 is 0 Å². The van der Waals surface area contributed by atoms with Crippen molar-refractivity contribution in [3.63, 3.8) is 0 Å². The van der Waals surface area contributed by atoms with Crippen molar-refractivity contribution < 1.29 is 28.7 Å². The highest BCUT2D eigenvalue weighted by Crippen LogP contribution is 2.34. The summed E-state index contributed by atoms with van der Waals surface area (Å²) < 4.78 is 11.8. The Morgan fingerprint density at radius 3 is 1.55 bits per heavy atom. The minimum absolute atomic E-state index is 0.111. The number of hydrogen-bond donors (Lipinski definition) is 0. The van der Waals surface area contributed by atoms with Gasteiger partial charge in [0.2, 0.25) is 0 Å². The standard InChI is InChI=1S/C24H25NO6/c1-5-14(4)25-19-10-8-15(21(26)23(28)30-6-2)12-17(19)18-13-16(9-11-20(18)25)22(27)24(29)31-7-3/h8-14H,5-7H2,1-4H3. The van der Waals surface area contributed by atoms with Crippen LogP contribution in [0.2, 0.25) is 0 Å². The number of esters is 2. The van der Waals surface area contributed by atoms with Gasteiger partial charge in [0.15, 0.2) is 0 Å². The second-order valence-corrected chi connectivity index (χ2v) is 7.19. The van der Waals surface area contributed by atoms with Gasteiger partial charge in [-0.2, -0.15) is 0 Å². The molecular weight excluding hydrogens is 398 g/mol. The molecule has 0 amide bonds. The van der Waals surface area contributed by atoms with Gasteiger partial charge in [-0.05, 0) is 63.6 Å². The maximum absolute atomic E-state index is 12.5. The first-order valence-electron chi connectivity index (χ1n) is 10.3. The molecule has 0 aliphatic rings. The number of hydrogen-bond acceptors (Lipinski definition) is 6. The minimum Gasteiger partial charge on any atom is -0.460 e. The molecule has 3 aromatic rings. The van der Waals surface area contributed by atoms with Gasteiger partial charge in [0, 0.05) is 39.0 Å². The van der Waals surface area contributed by atoms with Gasteiger partial charge in [-0.25, -0.2) is 9.59 Å². The van der Waals surface area contributed by atoms with Gasteiger partial charge in [0.25, 0.3) is 11.6 Å². The molecule has 31 heavy (non-hydrogen) atoms. The fraction of sp³-hybridized carbons (Fsp3) is 0.333. The van der Waals surface area contributed by atoms with Crippen molar-refractivity contribution in [1.82, 2.24) is 4.57 Å². The van der Waals surface area contributed by atoms with Crippen LogP contribution in [0.3, 0.4) is 0 Å². The molecule has 162 valence electrons. The Morgan fingerprint density at radius 2 is 1.19 bits per heavy atom. The van der Waals surface area contributed by atoms with Crippen LogP contribution in [0.15, 0.2) is 36.4 Å². The van der Waals surface area contributed by atoms with E-state index in [1.165, 1.54) is 0 Å². The molecule has 0 fully saturated rings. The summed E-state index contributed by atoms with van der Waals surface area (Å²) >= 11 is 0. The van der Waals surface area contributed by atoms with E-state index in [9.17, 15) is 19.2 Å². The van der Waals surface area contributed by atoms with Crippen molar-refractivity contribution >= 4 is 45.3 Å². The topological polar surface area (TPSA) is 91.7 Å². The number of Topliss-reactive ketones (excluding diaryl/α,β-unsaturated/α-hetero) is 2. The molecule has 7 heteroatoms. The van der Waals surface area contributed by atoms with E-state index in [1.54, 1.807) is 50.2 Å². The minimum atomic E-state index is -0.911. The van der Waals surface area contributed by atoms with Crippen molar-refractivity contribution in [2.45, 2.75) is 40.2 Å². The fourth-order valence-electron chi connectivity index (χ4n) is 3.62. The first-order valence-corrected chi connectivity index (χ1v) is 10.3. The predicted molar refractivity (Wildman–Crippen MR) is 116 cm³/mol. The Balaban J connectivity index is 2.23. The predicted octanol–water partition coefficient (Wildman–Crippen LogP) is 4.26. The SMILES string of the molecule is CCOC(=O)C(=O)c1ccc2c(c1)c1cc(C(=O)C(=O)OCC)ccc1n2C(C)CC. The number of ketones is 2. The zero-order chi connectivity index (χ0) is 22.7. The van der Waals surface area contributed by atoms with Gasteiger partial charge >= 0.3 is 11.9 Å². The van der Waals surface area contributed by atoms with Gasteiger partial charge in [0.1, 0.15) is 0 Å². The summed E-state index contributed by atoms with van der Waals surface area (Å²) in [4.78, 5) is 48.7. The summed E-state index contributed by atoms with van der Waals surface area (Å²) in [5.74, 6) is -3.28. The van der Waals surface area contributed by atoms with Crippen LogP contribution < -0.4 is 0 Å². The van der Waals surface area contributed by atoms with Gasteiger partial charge < -0.3 is 14.0 Å². The van der Waals surface area contributed by atoms with Crippen molar-refractivity contribution in [3.8, 4) is 0 Å². The van der Waals surface area contributed by atoms with Crippen LogP contribution in [0.25, 0.3) is 21.8 Å². The molecule has 0 radical (unpaired) electrons. The molecule has 2 aromatic carbocycles. The van der Waals surface area contributed by atoms with Crippen molar-refractivity contribution in [3.05, 3.63) is 47.5 Å². The Bertz CT molecular complexity index is 1100. The van der Waals surface area contributed by atoms with Gasteiger partial charge in [-0.15, -0.1) is 0 Å². The molecular formula is C24H25NO6. The second-order valence-electron chi connectivity index (χ2n) is 7.19. The van der Waals surface area contributed by atoms with E-state index < -0.39 is 23.5 Å². The molecule has 0 aliphatic carbocycles. The number of fused-ring (bicyclic) bond motifs is 3. The maximum Gasteiger partial charge on any atom is 0.379 e. The van der Waals surface area contributed by atoms with Crippen LogP contribution in [0, 0.1) is 0 Å². The van der Waals surface area contributed by atoms with Crippen LogP contribution in [0.1, 0.15) is 60.9 Å². The van der Waals surface area contributed by atoms with Gasteiger partial charge in [-0.1, -0.05) is 6.92 Å². The molecule has 0 saturated carbocycles. The number of ether oxygens (including phenoxy) is 2. The first kappa shape index (κ1) is 22.2. The summed E-state index contributed by atoms with van der Waals surface area (Å²) in [6.45, 7) is 7.64. The lowest BCUT2D eigenvalue weighted by Gasteiger charge is -2.15. The van der Waals surface area contributed by atoms with Crippen LogP contribution in [0.4, 0.5) is 0 Å². The first-order chi connectivity index (χ1) is 14.8. The highest BCUT2D eigenvalue weighted by molar-refractivity contribution is 6.42. The lowest BCUT2D eigenvalue weighted by atomic mass is 10.0. The summed E-state index contributed by atoms with van der Waals surface area (Å²) in [5, 5.41) is 1.42. The maximum atomic E-state index is 12.5. The van der Waals surface area contributed by atoms with Gasteiger partial charge in [0.05, 0.1) is 13.2 Å². The Hall–Kier alpha value is -3.48. The molecule has 1 aromatic heterocycles. The third-order valence-corrected chi connectivity index (χ3v) is 5.28. The van der Waals surface area contributed by atoms with E-state index in [2.05, 4.69) is 18.4 Å². The van der Waals surface area contributed by atoms with E-state index in [0.29, 0.717) is 10.8 Å². The number of carbonyl (C=O) groups is 4. The fourth-order valence-corrected chi connectivity index (χ4v) is 3.62. The molecule has 0 N–H and O–H groups in total. The van der Waals surface area contributed by atoms with E-state index in [1.807, 2.05) is 0 Å². The number of carbonyl (C=O) groups excluding carboxylic acids is 4. The Kier molecular flexibility index (Phi) is 6.53. The second kappa shape index (κ2) is 9.12. The monoisotopic (exact) mass is 423 g/mol. The molecule has 7 nitrogen and oxygen atoms in total. The number of aromatic nitrogens is 1. The molecule has 0 spiro atoms. The van der Waals surface area contributed by atoms with E-state index in [4.69, 9.17) is 9.47 Å². The number of rotatable bonds is 8. The zero-order valence-corrected chi connectivity index (χ0v) is 18.1. The average Bonchev–Trinajstić information content (AvgIpc) is 3.10. The van der Waals surface area contributed by atoms with E-state index in [-0.39, 0.29) is 30.4 Å². The molecule has 3 rings (SSSR count). The largest absolute Gasteiger partial charge is 0.460 e. The Labute approximate surface area is 179 Å². The molecule has 1 unspecified atom stereocenters. The number of nitrogens with zero attached hydrogens (tertiary/aromatic N) is 1. The van der Waals surface area contributed by atoms with Crippen molar-refractivity contribution in [2.24, 2.45) is 0 Å². The number of benzene rings is 2.